The predicted molar refractivity (Wildman–Crippen MR) is 104 cm³/mol. The Balaban J connectivity index is 1.53. The lowest BCUT2D eigenvalue weighted by atomic mass is 10.2. The van der Waals surface area contributed by atoms with Crippen LogP contribution in [0.25, 0.3) is 5.69 Å². The number of carbonyl (C=O) groups is 1. The number of ether oxygens (including phenoxy) is 1. The number of hydrazone groups is 1. The molecule has 136 valence electrons. The van der Waals surface area contributed by atoms with E-state index in [9.17, 15) is 4.79 Å². The Morgan fingerprint density at radius 2 is 1.93 bits per heavy atom. The fraction of sp³-hybridized carbons (Fsp3) is 0.190. The normalized spacial score (nSPS) is 12.9. The van der Waals surface area contributed by atoms with Crippen LogP contribution >= 0.6 is 0 Å². The number of nitrogens with zero attached hydrogens (tertiary/aromatic N) is 3. The van der Waals surface area contributed by atoms with Crippen molar-refractivity contribution >= 4 is 12.1 Å². The molecule has 6 heteroatoms. The molecule has 0 saturated heterocycles. The van der Waals surface area contributed by atoms with Gasteiger partial charge in [0.05, 0.1) is 19.0 Å². The zero-order valence-electron chi connectivity index (χ0n) is 15.1. The van der Waals surface area contributed by atoms with Gasteiger partial charge in [0.25, 0.3) is 5.91 Å². The molecule has 0 saturated carbocycles. The number of hydrogen-bond acceptors (Lipinski definition) is 4. The van der Waals surface area contributed by atoms with Crippen LogP contribution in [0.2, 0.25) is 0 Å². The van der Waals surface area contributed by atoms with E-state index < -0.39 is 0 Å². The summed E-state index contributed by atoms with van der Waals surface area (Å²) in [5.41, 5.74) is 7.03. The van der Waals surface area contributed by atoms with Gasteiger partial charge in [-0.25, -0.2) is 10.1 Å². The van der Waals surface area contributed by atoms with Crippen LogP contribution in [0.15, 0.2) is 59.7 Å². The summed E-state index contributed by atoms with van der Waals surface area (Å²) in [6, 6.07) is 17.3. The molecule has 0 atom stereocenters. The number of benzene rings is 2. The maximum absolute atomic E-state index is 12.6. The topological polar surface area (TPSA) is 68.5 Å². The quantitative estimate of drug-likeness (QED) is 0.561. The van der Waals surface area contributed by atoms with Gasteiger partial charge in [-0.1, -0.05) is 18.2 Å². The lowest BCUT2D eigenvalue weighted by molar-refractivity contribution is 0.0949. The third kappa shape index (κ3) is 3.46. The number of hydrogen-bond donors (Lipinski definition) is 1. The zero-order valence-corrected chi connectivity index (χ0v) is 15.1. The fourth-order valence-electron chi connectivity index (χ4n) is 3.31. The summed E-state index contributed by atoms with van der Waals surface area (Å²) in [7, 11) is 1.62. The Hall–Kier alpha value is -3.41. The summed E-state index contributed by atoms with van der Waals surface area (Å²) in [5, 5.41) is 8.63. The molecular weight excluding hydrogens is 340 g/mol. The van der Waals surface area contributed by atoms with Crippen LogP contribution in [-0.2, 0) is 12.8 Å². The molecule has 1 heterocycles. The highest BCUT2D eigenvalue weighted by molar-refractivity contribution is 5.95. The molecule has 0 spiro atoms. The van der Waals surface area contributed by atoms with Crippen LogP contribution in [-0.4, -0.2) is 29.0 Å². The maximum Gasteiger partial charge on any atom is 0.292 e. The van der Waals surface area contributed by atoms with E-state index in [4.69, 9.17) is 4.74 Å². The van der Waals surface area contributed by atoms with E-state index in [-0.39, 0.29) is 5.91 Å². The van der Waals surface area contributed by atoms with Crippen molar-refractivity contribution in [3.63, 3.8) is 0 Å². The van der Waals surface area contributed by atoms with Crippen molar-refractivity contribution in [3.8, 4) is 11.4 Å². The monoisotopic (exact) mass is 360 g/mol. The highest BCUT2D eigenvalue weighted by Gasteiger charge is 2.26. The van der Waals surface area contributed by atoms with Crippen molar-refractivity contribution in [3.05, 3.63) is 77.1 Å². The molecule has 3 aromatic rings. The van der Waals surface area contributed by atoms with E-state index in [1.165, 1.54) is 0 Å². The molecule has 1 amide bonds. The maximum atomic E-state index is 12.6. The van der Waals surface area contributed by atoms with Crippen molar-refractivity contribution < 1.29 is 9.53 Å². The SMILES string of the molecule is COc1ccc(/C=N/NC(=O)c2nn(-c3ccccc3)c3c2CCC3)cc1. The fourth-order valence-corrected chi connectivity index (χ4v) is 3.31. The predicted octanol–water partition coefficient (Wildman–Crippen LogP) is 3.13. The molecule has 4 rings (SSSR count). The number of fused-ring (bicyclic) bond motifs is 1. The summed E-state index contributed by atoms with van der Waals surface area (Å²) >= 11 is 0. The highest BCUT2D eigenvalue weighted by atomic mass is 16.5. The molecule has 0 radical (unpaired) electrons. The van der Waals surface area contributed by atoms with Gasteiger partial charge in [0.1, 0.15) is 5.75 Å². The number of para-hydroxylation sites is 1. The van der Waals surface area contributed by atoms with Gasteiger partial charge < -0.3 is 4.74 Å². The van der Waals surface area contributed by atoms with E-state index in [0.717, 1.165) is 47.5 Å². The van der Waals surface area contributed by atoms with E-state index in [2.05, 4.69) is 15.6 Å². The first kappa shape index (κ1) is 17.0. The lowest BCUT2D eigenvalue weighted by Gasteiger charge is -2.04. The second kappa shape index (κ2) is 7.45. The third-order valence-electron chi connectivity index (χ3n) is 4.64. The standard InChI is InChI=1S/C21H20N4O2/c1-27-17-12-10-15(11-13-17)14-22-23-21(26)20-18-8-5-9-19(18)25(24-20)16-6-3-2-4-7-16/h2-4,6-7,10-14H,5,8-9H2,1H3,(H,23,26)/b22-14+. The smallest absolute Gasteiger partial charge is 0.292 e. The van der Waals surface area contributed by atoms with Gasteiger partial charge in [0.15, 0.2) is 5.69 Å². The van der Waals surface area contributed by atoms with Crippen LogP contribution < -0.4 is 10.2 Å². The van der Waals surface area contributed by atoms with Gasteiger partial charge in [0.2, 0.25) is 0 Å². The average Bonchev–Trinajstić information content (AvgIpc) is 3.32. The van der Waals surface area contributed by atoms with Crippen LogP contribution in [0, 0.1) is 0 Å². The van der Waals surface area contributed by atoms with E-state index in [0.29, 0.717) is 5.69 Å². The lowest BCUT2D eigenvalue weighted by Crippen LogP contribution is -2.20. The molecule has 0 aliphatic heterocycles. The minimum absolute atomic E-state index is 0.285. The molecule has 6 nitrogen and oxygen atoms in total. The van der Waals surface area contributed by atoms with Gasteiger partial charge in [-0.2, -0.15) is 10.2 Å². The summed E-state index contributed by atoms with van der Waals surface area (Å²) in [6.45, 7) is 0. The van der Waals surface area contributed by atoms with Crippen LogP contribution in [0.1, 0.15) is 33.7 Å². The Bertz CT molecular complexity index is 975. The third-order valence-corrected chi connectivity index (χ3v) is 4.64. The zero-order chi connectivity index (χ0) is 18.6. The van der Waals surface area contributed by atoms with Gasteiger partial charge >= 0.3 is 0 Å². The molecule has 1 aliphatic carbocycles. The van der Waals surface area contributed by atoms with Crippen molar-refractivity contribution in [2.75, 3.05) is 7.11 Å². The van der Waals surface area contributed by atoms with Gasteiger partial charge in [0, 0.05) is 11.3 Å². The Morgan fingerprint density at radius 3 is 2.67 bits per heavy atom. The molecule has 0 unspecified atom stereocenters. The minimum atomic E-state index is -0.285. The molecule has 1 N–H and O–H groups in total. The summed E-state index contributed by atoms with van der Waals surface area (Å²) < 4.78 is 7.01. The molecule has 1 aliphatic rings. The molecule has 0 fully saturated rings. The average molecular weight is 360 g/mol. The first-order valence-electron chi connectivity index (χ1n) is 8.90. The van der Waals surface area contributed by atoms with E-state index >= 15 is 0 Å². The second-order valence-electron chi connectivity index (χ2n) is 6.35. The highest BCUT2D eigenvalue weighted by Crippen LogP contribution is 2.27. The number of amides is 1. The van der Waals surface area contributed by atoms with Gasteiger partial charge in [-0.05, 0) is 61.2 Å². The summed E-state index contributed by atoms with van der Waals surface area (Å²) in [6.07, 6.45) is 4.44. The van der Waals surface area contributed by atoms with Crippen molar-refractivity contribution in [2.24, 2.45) is 5.10 Å². The summed E-state index contributed by atoms with van der Waals surface area (Å²) in [5.74, 6) is 0.491. The van der Waals surface area contributed by atoms with E-state index in [1.54, 1.807) is 13.3 Å². The molecule has 27 heavy (non-hydrogen) atoms. The molecule has 2 aromatic carbocycles. The minimum Gasteiger partial charge on any atom is -0.497 e. The number of nitrogens with one attached hydrogen (secondary N) is 1. The van der Waals surface area contributed by atoms with Crippen molar-refractivity contribution in [1.29, 1.82) is 0 Å². The van der Waals surface area contributed by atoms with Gasteiger partial charge in [-0.3, -0.25) is 4.79 Å². The molecule has 1 aromatic heterocycles. The van der Waals surface area contributed by atoms with Crippen molar-refractivity contribution in [1.82, 2.24) is 15.2 Å². The molecular formula is C21H20N4O2. The summed E-state index contributed by atoms with van der Waals surface area (Å²) in [4.78, 5) is 12.6. The van der Waals surface area contributed by atoms with Gasteiger partial charge in [-0.15, -0.1) is 0 Å². The van der Waals surface area contributed by atoms with Crippen molar-refractivity contribution in [2.45, 2.75) is 19.3 Å². The van der Waals surface area contributed by atoms with Crippen LogP contribution in [0.3, 0.4) is 0 Å². The first-order chi connectivity index (χ1) is 13.3. The number of methoxy groups -OCH3 is 1. The Morgan fingerprint density at radius 1 is 1.15 bits per heavy atom. The Kier molecular flexibility index (Phi) is 4.70. The second-order valence-corrected chi connectivity index (χ2v) is 6.35. The number of carbonyl (C=O) groups excluding carboxylic acids is 1. The van der Waals surface area contributed by atoms with Crippen LogP contribution in [0.4, 0.5) is 0 Å². The number of aromatic nitrogens is 2. The Labute approximate surface area is 157 Å². The number of rotatable bonds is 5. The van der Waals surface area contributed by atoms with E-state index in [1.807, 2.05) is 59.3 Å². The molecule has 0 bridgehead atoms. The van der Waals surface area contributed by atoms with Crippen LogP contribution in [0.5, 0.6) is 5.75 Å². The first-order valence-corrected chi connectivity index (χ1v) is 8.90. The largest absolute Gasteiger partial charge is 0.497 e.